The summed E-state index contributed by atoms with van der Waals surface area (Å²) in [7, 11) is -3.62. The zero-order valence-corrected chi connectivity index (χ0v) is 11.6. The molecule has 1 aliphatic carbocycles. The SMILES string of the molecule is N#CC1(NS(=O)(=O)c2ccccc2)CCCCCC1. The van der Waals surface area contributed by atoms with Gasteiger partial charge in [0.15, 0.2) is 0 Å². The third kappa shape index (κ3) is 3.34. The summed E-state index contributed by atoms with van der Waals surface area (Å²) in [6.07, 6.45) is 5.11. The lowest BCUT2D eigenvalue weighted by Gasteiger charge is -2.25. The van der Waals surface area contributed by atoms with Crippen molar-refractivity contribution in [2.24, 2.45) is 0 Å². The van der Waals surface area contributed by atoms with Gasteiger partial charge in [0.2, 0.25) is 10.0 Å². The van der Waals surface area contributed by atoms with E-state index in [1.54, 1.807) is 30.3 Å². The molecule has 1 aromatic rings. The molecule has 0 saturated heterocycles. The molecule has 0 bridgehead atoms. The molecule has 19 heavy (non-hydrogen) atoms. The molecule has 102 valence electrons. The van der Waals surface area contributed by atoms with E-state index in [0.717, 1.165) is 25.7 Å². The summed E-state index contributed by atoms with van der Waals surface area (Å²) in [6.45, 7) is 0. The van der Waals surface area contributed by atoms with Crippen LogP contribution in [0.5, 0.6) is 0 Å². The van der Waals surface area contributed by atoms with Crippen molar-refractivity contribution in [3.8, 4) is 6.07 Å². The minimum atomic E-state index is -3.62. The minimum absolute atomic E-state index is 0.217. The highest BCUT2D eigenvalue weighted by Crippen LogP contribution is 2.28. The number of rotatable bonds is 3. The van der Waals surface area contributed by atoms with Crippen LogP contribution in [0.1, 0.15) is 38.5 Å². The van der Waals surface area contributed by atoms with E-state index in [1.807, 2.05) is 0 Å². The third-order valence-electron chi connectivity index (χ3n) is 3.55. The van der Waals surface area contributed by atoms with Gasteiger partial charge < -0.3 is 0 Å². The Morgan fingerprint density at radius 2 is 1.63 bits per heavy atom. The highest BCUT2D eigenvalue weighted by molar-refractivity contribution is 7.89. The van der Waals surface area contributed by atoms with Crippen LogP contribution in [0.25, 0.3) is 0 Å². The van der Waals surface area contributed by atoms with Crippen LogP contribution in [-0.4, -0.2) is 14.0 Å². The van der Waals surface area contributed by atoms with E-state index in [1.165, 1.54) is 0 Å². The van der Waals surface area contributed by atoms with Gasteiger partial charge in [-0.15, -0.1) is 0 Å². The van der Waals surface area contributed by atoms with Crippen molar-refractivity contribution in [2.45, 2.75) is 49.0 Å². The van der Waals surface area contributed by atoms with Crippen molar-refractivity contribution < 1.29 is 8.42 Å². The number of benzene rings is 1. The molecule has 5 heteroatoms. The van der Waals surface area contributed by atoms with Gasteiger partial charge in [-0.3, -0.25) is 0 Å². The minimum Gasteiger partial charge on any atom is -0.207 e. The van der Waals surface area contributed by atoms with Crippen molar-refractivity contribution >= 4 is 10.0 Å². The van der Waals surface area contributed by atoms with Crippen LogP contribution in [0.15, 0.2) is 35.2 Å². The summed E-state index contributed by atoms with van der Waals surface area (Å²) < 4.78 is 27.3. The third-order valence-corrected chi connectivity index (χ3v) is 5.11. The highest BCUT2D eigenvalue weighted by Gasteiger charge is 2.35. The average Bonchev–Trinajstić information content (AvgIpc) is 2.65. The predicted octanol–water partition coefficient (Wildman–Crippen LogP) is 2.58. The number of sulfonamides is 1. The largest absolute Gasteiger partial charge is 0.241 e. The Hall–Kier alpha value is -1.38. The molecule has 2 rings (SSSR count). The Labute approximate surface area is 114 Å². The summed E-state index contributed by atoms with van der Waals surface area (Å²) in [4.78, 5) is 0.217. The fourth-order valence-electron chi connectivity index (χ4n) is 2.48. The summed E-state index contributed by atoms with van der Waals surface area (Å²) in [6, 6.07) is 10.4. The highest BCUT2D eigenvalue weighted by atomic mass is 32.2. The molecule has 0 amide bonds. The van der Waals surface area contributed by atoms with E-state index in [-0.39, 0.29) is 4.90 Å². The van der Waals surface area contributed by atoms with Crippen molar-refractivity contribution in [1.82, 2.24) is 4.72 Å². The van der Waals surface area contributed by atoms with Gasteiger partial charge in [0.05, 0.1) is 11.0 Å². The standard InChI is InChI=1S/C14H18N2O2S/c15-12-14(10-6-1-2-7-11-14)16-19(17,18)13-8-4-3-5-9-13/h3-5,8-9,16H,1-2,6-7,10-11H2. The topological polar surface area (TPSA) is 70.0 Å². The molecule has 0 heterocycles. The zero-order valence-electron chi connectivity index (χ0n) is 10.8. The molecule has 1 aliphatic rings. The van der Waals surface area contributed by atoms with Gasteiger partial charge in [0, 0.05) is 0 Å². The lowest BCUT2D eigenvalue weighted by molar-refractivity contribution is 0.422. The van der Waals surface area contributed by atoms with Gasteiger partial charge in [-0.25, -0.2) is 8.42 Å². The van der Waals surface area contributed by atoms with E-state index >= 15 is 0 Å². The summed E-state index contributed by atoms with van der Waals surface area (Å²) in [5, 5.41) is 9.40. The van der Waals surface area contributed by atoms with Crippen LogP contribution in [0, 0.1) is 11.3 Å². The first kappa shape index (κ1) is 14.0. The normalized spacial score (nSPS) is 19.3. The van der Waals surface area contributed by atoms with E-state index in [0.29, 0.717) is 12.8 Å². The van der Waals surface area contributed by atoms with Crippen molar-refractivity contribution in [3.63, 3.8) is 0 Å². The molecule has 1 fully saturated rings. The Bertz CT molecular complexity index is 553. The molecule has 0 spiro atoms. The number of hydrogen-bond donors (Lipinski definition) is 1. The lowest BCUT2D eigenvalue weighted by Crippen LogP contribution is -2.46. The first-order valence-electron chi connectivity index (χ1n) is 6.58. The fraction of sp³-hybridized carbons (Fsp3) is 0.500. The van der Waals surface area contributed by atoms with Gasteiger partial charge in [-0.2, -0.15) is 9.98 Å². The van der Waals surface area contributed by atoms with Gasteiger partial charge in [0.25, 0.3) is 0 Å². The molecule has 0 aromatic heterocycles. The molecule has 0 radical (unpaired) electrons. The molecule has 1 aromatic carbocycles. The second-order valence-corrected chi connectivity index (χ2v) is 6.71. The van der Waals surface area contributed by atoms with Crippen LogP contribution in [0.2, 0.25) is 0 Å². The molecule has 0 unspecified atom stereocenters. The van der Waals surface area contributed by atoms with E-state index in [9.17, 15) is 13.7 Å². The van der Waals surface area contributed by atoms with Gasteiger partial charge in [-0.05, 0) is 25.0 Å². The second kappa shape index (κ2) is 5.72. The maximum Gasteiger partial charge on any atom is 0.241 e. The molecule has 1 N–H and O–H groups in total. The number of nitrogens with one attached hydrogen (secondary N) is 1. The Morgan fingerprint density at radius 3 is 2.16 bits per heavy atom. The number of nitrogens with zero attached hydrogens (tertiary/aromatic N) is 1. The van der Waals surface area contributed by atoms with Crippen LogP contribution < -0.4 is 4.72 Å². The molecule has 0 aliphatic heterocycles. The van der Waals surface area contributed by atoms with Gasteiger partial charge >= 0.3 is 0 Å². The maximum absolute atomic E-state index is 12.3. The van der Waals surface area contributed by atoms with Crippen LogP contribution in [0.3, 0.4) is 0 Å². The molecule has 0 atom stereocenters. The molecular weight excluding hydrogens is 260 g/mol. The smallest absolute Gasteiger partial charge is 0.207 e. The predicted molar refractivity (Wildman–Crippen MR) is 72.8 cm³/mol. The summed E-state index contributed by atoms with van der Waals surface area (Å²) >= 11 is 0. The monoisotopic (exact) mass is 278 g/mol. The number of nitriles is 1. The van der Waals surface area contributed by atoms with E-state index in [4.69, 9.17) is 0 Å². The Kier molecular flexibility index (Phi) is 4.23. The molecular formula is C14H18N2O2S. The molecule has 4 nitrogen and oxygen atoms in total. The van der Waals surface area contributed by atoms with Crippen LogP contribution in [0.4, 0.5) is 0 Å². The Balaban J connectivity index is 2.25. The lowest BCUT2D eigenvalue weighted by atomic mass is 9.94. The average molecular weight is 278 g/mol. The van der Waals surface area contributed by atoms with E-state index in [2.05, 4.69) is 10.8 Å². The first-order valence-corrected chi connectivity index (χ1v) is 8.07. The van der Waals surface area contributed by atoms with Crippen LogP contribution >= 0.6 is 0 Å². The van der Waals surface area contributed by atoms with Crippen LogP contribution in [-0.2, 0) is 10.0 Å². The van der Waals surface area contributed by atoms with E-state index < -0.39 is 15.6 Å². The van der Waals surface area contributed by atoms with Gasteiger partial charge in [-0.1, -0.05) is 43.9 Å². The summed E-state index contributed by atoms with van der Waals surface area (Å²) in [5.41, 5.74) is -0.939. The first-order chi connectivity index (χ1) is 9.08. The quantitative estimate of drug-likeness (QED) is 0.864. The molecule has 1 saturated carbocycles. The number of hydrogen-bond acceptors (Lipinski definition) is 3. The maximum atomic E-state index is 12.3. The summed E-state index contributed by atoms with van der Waals surface area (Å²) in [5.74, 6) is 0. The zero-order chi connectivity index (χ0) is 13.8. The second-order valence-electron chi connectivity index (χ2n) is 5.03. The van der Waals surface area contributed by atoms with Crippen molar-refractivity contribution in [2.75, 3.05) is 0 Å². The van der Waals surface area contributed by atoms with Gasteiger partial charge in [0.1, 0.15) is 5.54 Å². The Morgan fingerprint density at radius 1 is 1.05 bits per heavy atom. The fourth-order valence-corrected chi connectivity index (χ4v) is 3.88. The van der Waals surface area contributed by atoms with Crippen molar-refractivity contribution in [1.29, 1.82) is 5.26 Å². The van der Waals surface area contributed by atoms with Crippen molar-refractivity contribution in [3.05, 3.63) is 30.3 Å².